The first-order valence-electron chi connectivity index (χ1n) is 10.3. The van der Waals surface area contributed by atoms with Gasteiger partial charge in [0.25, 0.3) is 0 Å². The van der Waals surface area contributed by atoms with Crippen LogP contribution in [0.4, 0.5) is 0 Å². The van der Waals surface area contributed by atoms with E-state index in [1.54, 1.807) is 18.2 Å². The summed E-state index contributed by atoms with van der Waals surface area (Å²) >= 11 is 0. The second kappa shape index (κ2) is 15.4. The maximum atomic E-state index is 10.8. The zero-order chi connectivity index (χ0) is 25.3. The molecule has 0 saturated carbocycles. The standard InChI is InChI=1S/C16H18N2O4.C8H8O4/c17-7-1-3-9-21-14-6-5-13(12-16(19)20)11-15(14)22-10-4-2-8-18;9-6-2-1-5(3-7(6)10)4-8(11)12/h5-6,11H,1-4,9-10,12H2,(H,19,20);1-3,9-10H,4H2,(H,11,12). The summed E-state index contributed by atoms with van der Waals surface area (Å²) in [5.41, 5.74) is 1.07. The van der Waals surface area contributed by atoms with E-state index in [-0.39, 0.29) is 24.3 Å². The van der Waals surface area contributed by atoms with E-state index < -0.39 is 11.9 Å². The molecule has 0 fully saturated rings. The van der Waals surface area contributed by atoms with E-state index in [1.807, 2.05) is 12.1 Å². The average Bonchev–Trinajstić information content (AvgIpc) is 2.77. The predicted molar refractivity (Wildman–Crippen MR) is 120 cm³/mol. The minimum Gasteiger partial charge on any atom is -0.504 e. The molecule has 0 aliphatic carbocycles. The molecule has 180 valence electrons. The van der Waals surface area contributed by atoms with E-state index in [0.29, 0.717) is 61.5 Å². The van der Waals surface area contributed by atoms with Gasteiger partial charge in [0.1, 0.15) is 0 Å². The number of phenols is 2. The fourth-order valence-electron chi connectivity index (χ4n) is 2.59. The first kappa shape index (κ1) is 27.6. The molecule has 0 aliphatic heterocycles. The highest BCUT2D eigenvalue weighted by molar-refractivity contribution is 5.71. The van der Waals surface area contributed by atoms with Gasteiger partial charge in [-0.2, -0.15) is 10.5 Å². The van der Waals surface area contributed by atoms with Crippen molar-refractivity contribution in [3.63, 3.8) is 0 Å². The molecule has 0 atom stereocenters. The second-order valence-corrected chi connectivity index (χ2v) is 6.97. The normalized spacial score (nSPS) is 9.59. The van der Waals surface area contributed by atoms with Crippen LogP contribution in [0.5, 0.6) is 23.0 Å². The minimum absolute atomic E-state index is 0.0940. The van der Waals surface area contributed by atoms with Gasteiger partial charge in [-0.3, -0.25) is 9.59 Å². The van der Waals surface area contributed by atoms with Crippen molar-refractivity contribution < 1.29 is 39.5 Å². The molecule has 10 heteroatoms. The lowest BCUT2D eigenvalue weighted by atomic mass is 10.1. The summed E-state index contributed by atoms with van der Waals surface area (Å²) in [5, 5.41) is 52.1. The third kappa shape index (κ3) is 11.3. The lowest BCUT2D eigenvalue weighted by Crippen LogP contribution is -2.05. The van der Waals surface area contributed by atoms with Gasteiger partial charge in [-0.05, 0) is 48.2 Å². The van der Waals surface area contributed by atoms with Gasteiger partial charge in [0.15, 0.2) is 23.0 Å². The molecule has 4 N–H and O–H groups in total. The number of phenolic OH excluding ortho intramolecular Hbond substituents is 2. The van der Waals surface area contributed by atoms with Crippen molar-refractivity contribution in [3.8, 4) is 35.1 Å². The Kier molecular flexibility index (Phi) is 12.5. The Bertz CT molecular complexity index is 1040. The van der Waals surface area contributed by atoms with Gasteiger partial charge < -0.3 is 29.9 Å². The molecule has 0 bridgehead atoms. The number of carboxylic acid groups (broad SMARTS) is 2. The summed E-state index contributed by atoms with van der Waals surface area (Å²) in [5.74, 6) is -1.45. The SMILES string of the molecule is N#CCCCOc1ccc(CC(=O)O)cc1OCCCC#N.O=C(O)Cc1ccc(O)c(O)c1. The fraction of sp³-hybridized carbons (Fsp3) is 0.333. The van der Waals surface area contributed by atoms with Crippen LogP contribution in [0.1, 0.15) is 36.8 Å². The van der Waals surface area contributed by atoms with Gasteiger partial charge in [0, 0.05) is 12.8 Å². The molecule has 10 nitrogen and oxygen atoms in total. The fourth-order valence-corrected chi connectivity index (χ4v) is 2.59. The molecular weight excluding hydrogens is 444 g/mol. The van der Waals surface area contributed by atoms with Crippen LogP contribution in [0.15, 0.2) is 36.4 Å². The zero-order valence-corrected chi connectivity index (χ0v) is 18.4. The topological polar surface area (TPSA) is 181 Å². The van der Waals surface area contributed by atoms with Crippen LogP contribution in [0, 0.1) is 22.7 Å². The second-order valence-electron chi connectivity index (χ2n) is 6.97. The third-order valence-corrected chi connectivity index (χ3v) is 4.14. The molecule has 0 heterocycles. The third-order valence-electron chi connectivity index (χ3n) is 4.14. The Hall–Kier alpha value is -4.44. The van der Waals surface area contributed by atoms with Crippen molar-refractivity contribution in [1.29, 1.82) is 10.5 Å². The first-order valence-corrected chi connectivity index (χ1v) is 10.3. The molecule has 34 heavy (non-hydrogen) atoms. The van der Waals surface area contributed by atoms with Crippen molar-refractivity contribution in [3.05, 3.63) is 47.5 Å². The van der Waals surface area contributed by atoms with Crippen LogP contribution < -0.4 is 9.47 Å². The van der Waals surface area contributed by atoms with Crippen molar-refractivity contribution in [1.82, 2.24) is 0 Å². The molecule has 2 rings (SSSR count). The molecule has 2 aromatic carbocycles. The van der Waals surface area contributed by atoms with E-state index in [2.05, 4.69) is 0 Å². The lowest BCUT2D eigenvalue weighted by Gasteiger charge is -2.13. The van der Waals surface area contributed by atoms with Crippen LogP contribution >= 0.6 is 0 Å². The van der Waals surface area contributed by atoms with Gasteiger partial charge >= 0.3 is 11.9 Å². The quantitative estimate of drug-likeness (QED) is 0.265. The first-order chi connectivity index (χ1) is 16.3. The number of carbonyl (C=O) groups is 2. The van der Waals surface area contributed by atoms with E-state index in [1.165, 1.54) is 18.2 Å². The summed E-state index contributed by atoms with van der Waals surface area (Å²) in [6.45, 7) is 0.749. The van der Waals surface area contributed by atoms with E-state index in [4.69, 9.17) is 40.4 Å². The Morgan fingerprint density at radius 3 is 1.74 bits per heavy atom. The molecular formula is C24H26N2O8. The number of ether oxygens (including phenoxy) is 2. The number of aromatic hydroxyl groups is 2. The van der Waals surface area contributed by atoms with Gasteiger partial charge in [-0.25, -0.2) is 0 Å². The number of benzene rings is 2. The largest absolute Gasteiger partial charge is 0.504 e. The highest BCUT2D eigenvalue weighted by atomic mass is 16.5. The van der Waals surface area contributed by atoms with Crippen molar-refractivity contribution >= 4 is 11.9 Å². The smallest absolute Gasteiger partial charge is 0.307 e. The summed E-state index contributed by atoms with van der Waals surface area (Å²) in [6, 6.07) is 13.0. The van der Waals surface area contributed by atoms with Crippen LogP contribution in [0.2, 0.25) is 0 Å². The summed E-state index contributed by atoms with van der Waals surface area (Å²) in [7, 11) is 0. The molecule has 0 aromatic heterocycles. The van der Waals surface area contributed by atoms with Crippen LogP contribution in [-0.4, -0.2) is 45.6 Å². The van der Waals surface area contributed by atoms with Crippen molar-refractivity contribution in [2.45, 2.75) is 38.5 Å². The molecule has 0 radical (unpaired) electrons. The molecule has 0 amide bonds. The van der Waals surface area contributed by atoms with Crippen molar-refractivity contribution in [2.24, 2.45) is 0 Å². The number of nitriles is 2. The number of hydrogen-bond acceptors (Lipinski definition) is 8. The molecule has 0 spiro atoms. The predicted octanol–water partition coefficient (Wildman–Crippen LogP) is 3.40. The number of unbranched alkanes of at least 4 members (excludes halogenated alkanes) is 2. The van der Waals surface area contributed by atoms with Gasteiger partial charge in [0.2, 0.25) is 0 Å². The zero-order valence-electron chi connectivity index (χ0n) is 18.4. The van der Waals surface area contributed by atoms with Crippen LogP contribution in [-0.2, 0) is 22.4 Å². The number of nitrogens with zero attached hydrogens (tertiary/aromatic N) is 2. The molecule has 0 aliphatic rings. The Labute approximate surface area is 196 Å². The highest BCUT2D eigenvalue weighted by Crippen LogP contribution is 2.29. The van der Waals surface area contributed by atoms with E-state index in [0.717, 1.165) is 0 Å². The number of carboxylic acids is 2. The molecule has 2 aromatic rings. The number of rotatable bonds is 12. The van der Waals surface area contributed by atoms with Gasteiger partial charge in [-0.1, -0.05) is 12.1 Å². The molecule has 0 saturated heterocycles. The Morgan fingerprint density at radius 2 is 1.24 bits per heavy atom. The average molecular weight is 470 g/mol. The maximum Gasteiger partial charge on any atom is 0.307 e. The minimum atomic E-state index is -0.972. The van der Waals surface area contributed by atoms with Crippen LogP contribution in [0.3, 0.4) is 0 Å². The summed E-state index contributed by atoms with van der Waals surface area (Å²) in [4.78, 5) is 21.0. The number of aliphatic carboxylic acids is 2. The van der Waals surface area contributed by atoms with Crippen molar-refractivity contribution in [2.75, 3.05) is 13.2 Å². The highest BCUT2D eigenvalue weighted by Gasteiger charge is 2.09. The monoisotopic (exact) mass is 470 g/mol. The van der Waals surface area contributed by atoms with Gasteiger partial charge in [-0.15, -0.1) is 0 Å². The Balaban J connectivity index is 0.000000404. The molecule has 0 unspecified atom stereocenters. The Morgan fingerprint density at radius 1 is 0.735 bits per heavy atom. The summed E-state index contributed by atoms with van der Waals surface area (Å²) < 4.78 is 11.2. The summed E-state index contributed by atoms with van der Waals surface area (Å²) in [6.07, 6.45) is 1.76. The van der Waals surface area contributed by atoms with E-state index >= 15 is 0 Å². The lowest BCUT2D eigenvalue weighted by molar-refractivity contribution is -0.137. The number of hydrogen-bond donors (Lipinski definition) is 4. The van der Waals surface area contributed by atoms with Gasteiger partial charge in [0.05, 0.1) is 38.2 Å². The van der Waals surface area contributed by atoms with Crippen LogP contribution in [0.25, 0.3) is 0 Å². The van der Waals surface area contributed by atoms with E-state index in [9.17, 15) is 9.59 Å². The maximum absolute atomic E-state index is 10.8.